The zero-order chi connectivity index (χ0) is 22.2. The fraction of sp³-hybridized carbons (Fsp3) is 0.250. The molecule has 0 radical (unpaired) electrons. The van der Waals surface area contributed by atoms with Crippen LogP contribution in [-0.4, -0.2) is 54.9 Å². The summed E-state index contributed by atoms with van der Waals surface area (Å²) >= 11 is 7.43. The molecule has 1 amide bonds. The first-order valence-corrected chi connectivity index (χ1v) is 12.2. The lowest BCUT2D eigenvalue weighted by molar-refractivity contribution is -0.113. The third-order valence-corrected chi connectivity index (χ3v) is 7.94. The number of para-hydroxylation sites is 1. The molecule has 1 N–H and O–H groups in total. The van der Waals surface area contributed by atoms with Gasteiger partial charge in [-0.3, -0.25) is 4.79 Å². The quantitative estimate of drug-likeness (QED) is 0.708. The number of hydrogen-bond donors (Lipinski definition) is 1. The summed E-state index contributed by atoms with van der Waals surface area (Å²) in [6.45, 7) is 0. The number of carbonyl (C=O) groups excluding carboxylic acids is 1. The van der Waals surface area contributed by atoms with Crippen LogP contribution < -0.4 is 5.32 Å². The van der Waals surface area contributed by atoms with Gasteiger partial charge in [0.2, 0.25) is 15.9 Å². The van der Waals surface area contributed by atoms with E-state index in [-0.39, 0.29) is 33.3 Å². The summed E-state index contributed by atoms with van der Waals surface area (Å²) in [6.07, 6.45) is 2.63. The molecule has 2 aromatic carbocycles. The van der Waals surface area contributed by atoms with E-state index >= 15 is 0 Å². The predicted molar refractivity (Wildman–Crippen MR) is 125 cm³/mol. The lowest BCUT2D eigenvalue weighted by Gasteiger charge is -2.29. The number of nitrogens with one attached hydrogen (secondary N) is 1. The van der Waals surface area contributed by atoms with Crippen LogP contribution >= 0.6 is 23.4 Å². The van der Waals surface area contributed by atoms with Crippen LogP contribution in [0, 0.1) is 0 Å². The number of amidine groups is 1. The molecule has 0 saturated heterocycles. The van der Waals surface area contributed by atoms with Crippen LogP contribution in [0.4, 0.5) is 11.4 Å². The molecule has 11 heteroatoms. The smallest absolute Gasteiger partial charge is 0.242 e. The van der Waals surface area contributed by atoms with Crippen molar-refractivity contribution in [3.05, 3.63) is 53.1 Å². The summed E-state index contributed by atoms with van der Waals surface area (Å²) in [5, 5.41) is 9.82. The fourth-order valence-corrected chi connectivity index (χ4v) is 5.16. The van der Waals surface area contributed by atoms with Gasteiger partial charge < -0.3 is 5.32 Å². The van der Waals surface area contributed by atoms with Gasteiger partial charge in [0, 0.05) is 32.3 Å². The molecule has 4 rings (SSSR count). The average Bonchev–Trinajstić information content (AvgIpc) is 3.24. The Balaban J connectivity index is 1.48. The molecule has 0 bridgehead atoms. The summed E-state index contributed by atoms with van der Waals surface area (Å²) < 4.78 is 25.8. The van der Waals surface area contributed by atoms with Gasteiger partial charge in [0.05, 0.1) is 33.1 Å². The van der Waals surface area contributed by atoms with Crippen molar-refractivity contribution in [2.75, 3.05) is 25.2 Å². The number of sulfonamides is 1. The van der Waals surface area contributed by atoms with Gasteiger partial charge in [-0.1, -0.05) is 41.6 Å². The average molecular weight is 478 g/mol. The Kier molecular flexibility index (Phi) is 6.07. The number of nitrogens with zero attached hydrogens (tertiary/aromatic N) is 4. The highest BCUT2D eigenvalue weighted by atomic mass is 35.5. The molecule has 0 spiro atoms. The summed E-state index contributed by atoms with van der Waals surface area (Å²) in [4.78, 5) is 17.3. The third-order valence-electron chi connectivity index (χ3n) is 4.86. The molecule has 2 aliphatic heterocycles. The highest BCUT2D eigenvalue weighted by Gasteiger charge is 2.32. The second kappa shape index (κ2) is 8.62. The number of hydrazone groups is 1. The standard InChI is InChI=1S/C20H20ClN5O3S2/c1-25(2)31(28,29)13-7-8-15(21)17(11-13)23-19(27)12-30-20-24-16-6-4-3-5-14(16)18-9-10-22-26(18)20/h3-8,10-11,18H,9,12H2,1-2H3,(H,23,27)/t18-/m1/s1. The molecule has 0 fully saturated rings. The van der Waals surface area contributed by atoms with Crippen LogP contribution in [0.2, 0.25) is 5.02 Å². The van der Waals surface area contributed by atoms with Gasteiger partial charge in [-0.25, -0.2) is 22.7 Å². The van der Waals surface area contributed by atoms with Crippen molar-refractivity contribution in [2.24, 2.45) is 10.1 Å². The first-order chi connectivity index (χ1) is 14.8. The maximum absolute atomic E-state index is 12.6. The number of benzene rings is 2. The number of fused-ring (bicyclic) bond motifs is 3. The van der Waals surface area contributed by atoms with Crippen LogP contribution in [0.25, 0.3) is 0 Å². The molecule has 162 valence electrons. The van der Waals surface area contributed by atoms with Crippen molar-refractivity contribution in [3.63, 3.8) is 0 Å². The summed E-state index contributed by atoms with van der Waals surface area (Å²) in [7, 11) is -0.762. The number of rotatable bonds is 5. The van der Waals surface area contributed by atoms with E-state index < -0.39 is 10.0 Å². The molecule has 1 atom stereocenters. The Labute approximate surface area is 190 Å². The van der Waals surface area contributed by atoms with Gasteiger partial charge in [-0.2, -0.15) is 5.10 Å². The summed E-state index contributed by atoms with van der Waals surface area (Å²) in [6, 6.07) is 12.2. The molecule has 0 unspecified atom stereocenters. The van der Waals surface area contributed by atoms with Crippen molar-refractivity contribution in [1.82, 2.24) is 9.31 Å². The Hall–Kier alpha value is -2.40. The third kappa shape index (κ3) is 4.33. The summed E-state index contributed by atoms with van der Waals surface area (Å²) in [5.41, 5.74) is 2.23. The molecular formula is C20H20ClN5O3S2. The SMILES string of the molecule is CN(C)S(=O)(=O)c1ccc(Cl)c(NC(=O)CSC2=Nc3ccccc3[C@H]3CC=NN23)c1. The van der Waals surface area contributed by atoms with Crippen molar-refractivity contribution in [2.45, 2.75) is 17.4 Å². The zero-order valence-electron chi connectivity index (χ0n) is 16.8. The Morgan fingerprint density at radius 1 is 1.29 bits per heavy atom. The number of hydrogen-bond acceptors (Lipinski definition) is 7. The second-order valence-corrected chi connectivity index (χ2v) is 10.6. The largest absolute Gasteiger partial charge is 0.324 e. The van der Waals surface area contributed by atoms with Crippen LogP contribution in [0.5, 0.6) is 0 Å². The number of amides is 1. The van der Waals surface area contributed by atoms with E-state index in [1.165, 1.54) is 44.1 Å². The van der Waals surface area contributed by atoms with E-state index in [4.69, 9.17) is 11.6 Å². The minimum atomic E-state index is -3.64. The lowest BCUT2D eigenvalue weighted by Crippen LogP contribution is -2.29. The normalized spacial score (nSPS) is 17.4. The fourth-order valence-electron chi connectivity index (χ4n) is 3.27. The van der Waals surface area contributed by atoms with Crippen LogP contribution in [-0.2, 0) is 14.8 Å². The molecule has 2 aliphatic rings. The predicted octanol–water partition coefficient (Wildman–Crippen LogP) is 3.70. The van der Waals surface area contributed by atoms with Crippen LogP contribution in [0.3, 0.4) is 0 Å². The number of thioether (sulfide) groups is 1. The van der Waals surface area contributed by atoms with E-state index in [9.17, 15) is 13.2 Å². The van der Waals surface area contributed by atoms with Gasteiger partial charge in [0.1, 0.15) is 0 Å². The van der Waals surface area contributed by atoms with E-state index in [1.54, 1.807) is 0 Å². The van der Waals surface area contributed by atoms with Crippen molar-refractivity contribution in [1.29, 1.82) is 0 Å². The van der Waals surface area contributed by atoms with E-state index in [0.717, 1.165) is 22.0 Å². The molecule has 0 saturated carbocycles. The monoisotopic (exact) mass is 477 g/mol. The van der Waals surface area contributed by atoms with Gasteiger partial charge in [0.25, 0.3) is 0 Å². The Bertz CT molecular complexity index is 1200. The number of anilines is 1. The molecule has 0 aromatic heterocycles. The van der Waals surface area contributed by atoms with E-state index in [1.807, 2.05) is 35.5 Å². The van der Waals surface area contributed by atoms with Gasteiger partial charge in [-0.05, 0) is 24.3 Å². The Morgan fingerprint density at radius 3 is 2.84 bits per heavy atom. The first kappa shape index (κ1) is 21.8. The molecule has 0 aliphatic carbocycles. The number of aliphatic imine (C=N–C) groups is 1. The summed E-state index contributed by atoms with van der Waals surface area (Å²) in [5.74, 6) is -0.256. The molecule has 2 heterocycles. The molecular weight excluding hydrogens is 458 g/mol. The highest BCUT2D eigenvalue weighted by molar-refractivity contribution is 8.14. The van der Waals surface area contributed by atoms with Gasteiger partial charge in [-0.15, -0.1) is 0 Å². The maximum Gasteiger partial charge on any atom is 0.242 e. The van der Waals surface area contributed by atoms with Crippen LogP contribution in [0.1, 0.15) is 18.0 Å². The van der Waals surface area contributed by atoms with E-state index in [0.29, 0.717) is 5.17 Å². The lowest BCUT2D eigenvalue weighted by atomic mass is 10.0. The van der Waals surface area contributed by atoms with Crippen molar-refractivity contribution < 1.29 is 13.2 Å². The van der Waals surface area contributed by atoms with Crippen LogP contribution in [0.15, 0.2) is 57.5 Å². The van der Waals surface area contributed by atoms with Crippen molar-refractivity contribution >= 4 is 62.1 Å². The molecule has 8 nitrogen and oxygen atoms in total. The zero-order valence-corrected chi connectivity index (χ0v) is 19.2. The second-order valence-electron chi connectivity index (χ2n) is 7.11. The number of halogens is 1. The minimum Gasteiger partial charge on any atom is -0.324 e. The van der Waals surface area contributed by atoms with E-state index in [2.05, 4.69) is 15.4 Å². The Morgan fingerprint density at radius 2 is 2.06 bits per heavy atom. The maximum atomic E-state index is 12.6. The molecule has 31 heavy (non-hydrogen) atoms. The highest BCUT2D eigenvalue weighted by Crippen LogP contribution is 2.40. The minimum absolute atomic E-state index is 0.0485. The topological polar surface area (TPSA) is 94.4 Å². The van der Waals surface area contributed by atoms with Gasteiger partial charge >= 0.3 is 0 Å². The van der Waals surface area contributed by atoms with Gasteiger partial charge in [0.15, 0.2) is 5.17 Å². The number of carbonyl (C=O) groups is 1. The molecule has 2 aromatic rings. The first-order valence-electron chi connectivity index (χ1n) is 9.41. The van der Waals surface area contributed by atoms with Crippen molar-refractivity contribution in [3.8, 4) is 0 Å².